The van der Waals surface area contributed by atoms with Gasteiger partial charge in [0.1, 0.15) is 30.5 Å². The fourth-order valence-corrected chi connectivity index (χ4v) is 5.37. The molecule has 1 aliphatic heterocycles. The van der Waals surface area contributed by atoms with Gasteiger partial charge in [-0.2, -0.15) is 0 Å². The van der Waals surface area contributed by atoms with Crippen LogP contribution in [0.25, 0.3) is 5.70 Å². The van der Waals surface area contributed by atoms with E-state index in [4.69, 9.17) is 50.0 Å². The smallest absolute Gasteiger partial charge is 0.167 e. The molecule has 5 rings (SSSR count). The number of benzene rings is 3. The first kappa shape index (κ1) is 25.7. The van der Waals surface area contributed by atoms with Gasteiger partial charge >= 0.3 is 0 Å². The van der Waals surface area contributed by atoms with E-state index in [-0.39, 0.29) is 30.1 Å². The zero-order chi connectivity index (χ0) is 26.1. The molecule has 0 bridgehead atoms. The molecule has 1 heterocycles. The molecule has 1 atom stereocenters. The summed E-state index contributed by atoms with van der Waals surface area (Å²) in [6, 6.07) is 15.9. The Bertz CT molecular complexity index is 1390. The number of carbonyl (C=O) groups is 2. The van der Waals surface area contributed by atoms with Gasteiger partial charge < -0.3 is 15.2 Å². The lowest BCUT2D eigenvalue weighted by molar-refractivity contribution is -0.116. The number of carbonyl (C=O) groups excluding carboxylic acids is 2. The highest BCUT2D eigenvalue weighted by Crippen LogP contribution is 2.40. The zero-order valence-corrected chi connectivity index (χ0v) is 22.1. The van der Waals surface area contributed by atoms with Crippen LogP contribution in [0.15, 0.2) is 60.2 Å². The number of ether oxygens (including phenoxy) is 2. The highest BCUT2D eigenvalue weighted by Gasteiger charge is 2.34. The summed E-state index contributed by atoms with van der Waals surface area (Å²) in [5, 5.41) is 1.22. The van der Waals surface area contributed by atoms with E-state index in [2.05, 4.69) is 0 Å². The van der Waals surface area contributed by atoms with Crippen molar-refractivity contribution < 1.29 is 19.1 Å². The number of aldehydes is 1. The number of ketones is 1. The lowest BCUT2D eigenvalue weighted by Crippen LogP contribution is -2.19. The summed E-state index contributed by atoms with van der Waals surface area (Å²) in [5.74, 6) is 1.07. The molecule has 2 aliphatic rings. The third-order valence-electron chi connectivity index (χ3n) is 6.68. The minimum atomic E-state index is -0.249. The van der Waals surface area contributed by atoms with Crippen LogP contribution in [0.5, 0.6) is 11.5 Å². The molecule has 190 valence electrons. The molecule has 3 aromatic carbocycles. The van der Waals surface area contributed by atoms with Crippen molar-refractivity contribution in [3.05, 3.63) is 97.5 Å². The van der Waals surface area contributed by atoms with Gasteiger partial charge in [-0.1, -0.05) is 59.1 Å². The normalized spacial score (nSPS) is 17.3. The topological polar surface area (TPSA) is 78.6 Å². The Morgan fingerprint density at radius 2 is 1.76 bits per heavy atom. The molecule has 0 aromatic heterocycles. The van der Waals surface area contributed by atoms with E-state index < -0.39 is 0 Å². The number of hydrogen-bond donors (Lipinski definition) is 1. The zero-order valence-electron chi connectivity index (χ0n) is 19.8. The summed E-state index contributed by atoms with van der Waals surface area (Å²) in [4.78, 5) is 24.2. The van der Waals surface area contributed by atoms with Gasteiger partial charge in [0, 0.05) is 22.6 Å². The Hall–Kier alpha value is -2.99. The molecule has 1 unspecified atom stereocenters. The molecule has 0 amide bonds. The largest absolute Gasteiger partial charge is 0.489 e. The maximum atomic E-state index is 13.1. The second-order valence-corrected chi connectivity index (χ2v) is 10.5. The Morgan fingerprint density at radius 3 is 2.43 bits per heavy atom. The van der Waals surface area contributed by atoms with E-state index in [0.29, 0.717) is 43.3 Å². The average Bonchev–Trinajstić information content (AvgIpc) is 3.74. The molecule has 0 radical (unpaired) electrons. The third kappa shape index (κ3) is 5.49. The van der Waals surface area contributed by atoms with Crippen molar-refractivity contribution in [2.75, 3.05) is 6.61 Å². The van der Waals surface area contributed by atoms with E-state index >= 15 is 0 Å². The predicted molar refractivity (Wildman–Crippen MR) is 146 cm³/mol. The number of hydrogen-bond acceptors (Lipinski definition) is 5. The summed E-state index contributed by atoms with van der Waals surface area (Å²) in [6.45, 7) is -0.0415. The number of rotatable bonds is 8. The van der Waals surface area contributed by atoms with Crippen LogP contribution >= 0.6 is 34.8 Å². The molecular weight excluding hydrogens is 533 g/mol. The van der Waals surface area contributed by atoms with Crippen LogP contribution in [0.2, 0.25) is 15.1 Å². The van der Waals surface area contributed by atoms with Crippen molar-refractivity contribution in [1.29, 1.82) is 0 Å². The molecular formula is C29H24Cl3NO4. The number of Topliss-reactive ketones (excluding diaryl/α,β-unsaturated/α-hetero) is 1. The van der Waals surface area contributed by atoms with Crippen LogP contribution in [-0.2, 0) is 11.2 Å². The van der Waals surface area contributed by atoms with Crippen LogP contribution in [-0.4, -0.2) is 18.7 Å². The van der Waals surface area contributed by atoms with Crippen molar-refractivity contribution in [2.24, 2.45) is 11.7 Å². The fraction of sp³-hybridized carbons (Fsp3) is 0.241. The predicted octanol–water partition coefficient (Wildman–Crippen LogP) is 7.25. The quantitative estimate of drug-likeness (QED) is 0.233. The van der Waals surface area contributed by atoms with Crippen LogP contribution in [0, 0.1) is 5.92 Å². The Balaban J connectivity index is 1.36. The Morgan fingerprint density at radius 1 is 1.00 bits per heavy atom. The van der Waals surface area contributed by atoms with Gasteiger partial charge in [-0.05, 0) is 61.6 Å². The van der Waals surface area contributed by atoms with E-state index in [9.17, 15) is 9.59 Å². The van der Waals surface area contributed by atoms with Gasteiger partial charge in [0.15, 0.2) is 5.78 Å². The third-order valence-corrected chi connectivity index (χ3v) is 7.63. The van der Waals surface area contributed by atoms with E-state index in [1.165, 1.54) is 0 Å². The summed E-state index contributed by atoms with van der Waals surface area (Å²) >= 11 is 19.3. The summed E-state index contributed by atoms with van der Waals surface area (Å²) in [7, 11) is 0. The lowest BCUT2D eigenvalue weighted by Gasteiger charge is -2.27. The molecule has 1 aliphatic carbocycles. The van der Waals surface area contributed by atoms with E-state index in [1.807, 2.05) is 12.1 Å². The Labute approximate surface area is 230 Å². The lowest BCUT2D eigenvalue weighted by atomic mass is 9.96. The molecule has 5 nitrogen and oxygen atoms in total. The van der Waals surface area contributed by atoms with Gasteiger partial charge in [0.25, 0.3) is 0 Å². The van der Waals surface area contributed by atoms with E-state index in [0.717, 1.165) is 43.1 Å². The molecule has 3 aromatic rings. The molecule has 1 saturated carbocycles. The van der Waals surface area contributed by atoms with Crippen molar-refractivity contribution >= 4 is 52.6 Å². The van der Waals surface area contributed by atoms with Crippen molar-refractivity contribution in [3.8, 4) is 11.5 Å². The second-order valence-electron chi connectivity index (χ2n) is 9.23. The summed E-state index contributed by atoms with van der Waals surface area (Å²) in [5.41, 5.74) is 9.88. The number of fused-ring (bicyclic) bond motifs is 1. The molecule has 37 heavy (non-hydrogen) atoms. The second kappa shape index (κ2) is 10.8. The minimum Gasteiger partial charge on any atom is -0.489 e. The monoisotopic (exact) mass is 555 g/mol. The van der Waals surface area contributed by atoms with Crippen LogP contribution in [0.1, 0.15) is 52.4 Å². The van der Waals surface area contributed by atoms with Gasteiger partial charge in [0.05, 0.1) is 26.3 Å². The maximum Gasteiger partial charge on any atom is 0.167 e. The van der Waals surface area contributed by atoms with Crippen LogP contribution in [0.3, 0.4) is 0 Å². The first-order chi connectivity index (χ1) is 17.9. The number of aryl methyl sites for hydroxylation is 1. The number of nitrogens with two attached hydrogens (primary N) is 1. The number of halogens is 3. The van der Waals surface area contributed by atoms with Crippen molar-refractivity contribution in [2.45, 2.75) is 31.8 Å². The molecule has 2 N–H and O–H groups in total. The van der Waals surface area contributed by atoms with Crippen LogP contribution in [0.4, 0.5) is 0 Å². The summed E-state index contributed by atoms with van der Waals surface area (Å²) in [6.07, 6.45) is 3.77. The Kier molecular flexibility index (Phi) is 7.47. The molecule has 8 heteroatoms. The van der Waals surface area contributed by atoms with Crippen molar-refractivity contribution in [1.82, 2.24) is 0 Å². The average molecular weight is 557 g/mol. The molecule has 0 saturated heterocycles. The maximum absolute atomic E-state index is 13.1. The standard InChI is InChI=1S/C29H24Cl3NO4/c30-22-2-1-3-23(31)27(22)28(33)21(29(35)18-6-7-18)15-36-19-9-10-20(24(32)13-19)25-11-8-17-5-4-16(14-34)12-26(17)37-25/h1-5,9-10,12-14,18,25H,6-8,11,15,33H2. The summed E-state index contributed by atoms with van der Waals surface area (Å²) < 4.78 is 12.2. The van der Waals surface area contributed by atoms with Crippen LogP contribution < -0.4 is 15.2 Å². The SMILES string of the molecule is NC(=C(COc1ccc(C2CCc3ccc(C=O)cc3O2)c(Cl)c1)C(=O)C1CC1)c1c(Cl)cccc1Cl. The molecule has 0 spiro atoms. The van der Waals surface area contributed by atoms with Gasteiger partial charge in [-0.25, -0.2) is 0 Å². The van der Waals surface area contributed by atoms with Crippen molar-refractivity contribution in [3.63, 3.8) is 0 Å². The van der Waals surface area contributed by atoms with E-state index in [1.54, 1.807) is 42.5 Å². The first-order valence-electron chi connectivity index (χ1n) is 12.0. The first-order valence-corrected chi connectivity index (χ1v) is 13.1. The highest BCUT2D eigenvalue weighted by atomic mass is 35.5. The van der Waals surface area contributed by atoms with Gasteiger partial charge in [-0.3, -0.25) is 9.59 Å². The highest BCUT2D eigenvalue weighted by molar-refractivity contribution is 6.37. The molecule has 1 fully saturated rings. The minimum absolute atomic E-state index is 0.0415. The van der Waals surface area contributed by atoms with Gasteiger partial charge in [-0.15, -0.1) is 0 Å². The van der Waals surface area contributed by atoms with Gasteiger partial charge in [0.2, 0.25) is 0 Å². The fourth-order valence-electron chi connectivity index (χ4n) is 4.47.